The number of carbonyl (C=O) groups excluding carboxylic acids is 2. The maximum atomic E-state index is 15.0. The molecule has 2 fully saturated rings. The minimum Gasteiger partial charge on any atom is -0.363 e. The third-order valence-corrected chi connectivity index (χ3v) is 10.5. The van der Waals surface area contributed by atoms with E-state index in [1.165, 1.54) is 12.1 Å². The van der Waals surface area contributed by atoms with Crippen LogP contribution in [0.3, 0.4) is 0 Å². The van der Waals surface area contributed by atoms with Crippen molar-refractivity contribution in [1.82, 2.24) is 25.2 Å². The van der Waals surface area contributed by atoms with Crippen molar-refractivity contribution in [3.05, 3.63) is 117 Å². The van der Waals surface area contributed by atoms with Crippen LogP contribution in [-0.4, -0.2) is 44.8 Å². The van der Waals surface area contributed by atoms with Crippen molar-refractivity contribution in [2.75, 3.05) is 18.4 Å². The molecule has 2 amide bonds. The van der Waals surface area contributed by atoms with Crippen molar-refractivity contribution >= 4 is 40.1 Å². The number of anilines is 1. The predicted octanol–water partition coefficient (Wildman–Crippen LogP) is 8.80. The molecule has 2 aromatic heterocycles. The third-order valence-electron chi connectivity index (χ3n) is 10.1. The van der Waals surface area contributed by atoms with Crippen LogP contribution < -0.4 is 10.6 Å². The van der Waals surface area contributed by atoms with Crippen LogP contribution in [0.1, 0.15) is 90.6 Å². The molecule has 12 heteroatoms. The summed E-state index contributed by atoms with van der Waals surface area (Å²) in [4.78, 5) is 40.2. The SMILES string of the molecule is Cc1nc(NC(C)c2cccc(C(F)F)c2F)c2cc(-c3cccc(CN4CCC(c5ccc(C6CCC(=O)NC6=O)cc5Cl)CC4)c3)ncc2n1. The Hall–Kier alpha value is -4.87. The van der Waals surface area contributed by atoms with Crippen LogP contribution in [-0.2, 0) is 16.1 Å². The maximum absolute atomic E-state index is 15.0. The third kappa shape index (κ3) is 7.52. The lowest BCUT2D eigenvalue weighted by molar-refractivity contribution is -0.134. The summed E-state index contributed by atoms with van der Waals surface area (Å²) in [5.74, 6) is -0.510. The van der Waals surface area contributed by atoms with Gasteiger partial charge in [-0.1, -0.05) is 60.1 Å². The minimum absolute atomic E-state index is 0.124. The molecule has 0 radical (unpaired) electrons. The van der Waals surface area contributed by atoms with E-state index in [1.807, 2.05) is 36.4 Å². The molecular weight excluding hydrogens is 689 g/mol. The Morgan fingerprint density at radius 2 is 1.75 bits per heavy atom. The summed E-state index contributed by atoms with van der Waals surface area (Å²) in [6.07, 6.45) is 1.50. The zero-order chi connectivity index (χ0) is 36.5. The van der Waals surface area contributed by atoms with E-state index in [-0.39, 0.29) is 23.3 Å². The van der Waals surface area contributed by atoms with E-state index in [9.17, 15) is 22.8 Å². The second-order valence-corrected chi connectivity index (χ2v) is 14.1. The summed E-state index contributed by atoms with van der Waals surface area (Å²) in [5, 5.41) is 7.00. The van der Waals surface area contributed by atoms with E-state index in [0.717, 1.165) is 66.5 Å². The Balaban J connectivity index is 1.03. The quantitative estimate of drug-likeness (QED) is 0.147. The number of piperidine rings is 2. The lowest BCUT2D eigenvalue weighted by atomic mass is 9.85. The number of hydrogen-bond acceptors (Lipinski definition) is 7. The highest BCUT2D eigenvalue weighted by atomic mass is 35.5. The van der Waals surface area contributed by atoms with Gasteiger partial charge >= 0.3 is 0 Å². The van der Waals surface area contributed by atoms with Crippen molar-refractivity contribution in [1.29, 1.82) is 0 Å². The molecule has 268 valence electrons. The molecule has 5 aromatic rings. The van der Waals surface area contributed by atoms with E-state index >= 15 is 0 Å². The van der Waals surface area contributed by atoms with Crippen LogP contribution in [0.25, 0.3) is 22.2 Å². The molecule has 7 rings (SSSR count). The Kier molecular flexibility index (Phi) is 10.3. The summed E-state index contributed by atoms with van der Waals surface area (Å²) in [7, 11) is 0. The normalized spacial score (nSPS) is 17.8. The molecule has 3 aromatic carbocycles. The van der Waals surface area contributed by atoms with Gasteiger partial charge in [0, 0.05) is 34.5 Å². The van der Waals surface area contributed by atoms with Crippen molar-refractivity contribution in [3.63, 3.8) is 0 Å². The average Bonchev–Trinajstić information content (AvgIpc) is 3.12. The molecule has 4 heterocycles. The number of halogens is 4. The van der Waals surface area contributed by atoms with E-state index < -0.39 is 23.8 Å². The van der Waals surface area contributed by atoms with Gasteiger partial charge in [-0.25, -0.2) is 23.1 Å². The Morgan fingerprint density at radius 3 is 2.50 bits per heavy atom. The van der Waals surface area contributed by atoms with Gasteiger partial charge < -0.3 is 5.32 Å². The number of aryl methyl sites for hydroxylation is 1. The zero-order valence-corrected chi connectivity index (χ0v) is 29.6. The van der Waals surface area contributed by atoms with Crippen LogP contribution in [0.15, 0.2) is 72.9 Å². The predicted molar refractivity (Wildman–Crippen MR) is 195 cm³/mol. The van der Waals surface area contributed by atoms with E-state index in [1.54, 1.807) is 20.0 Å². The molecule has 2 N–H and O–H groups in total. The van der Waals surface area contributed by atoms with Gasteiger partial charge in [0.15, 0.2) is 0 Å². The second kappa shape index (κ2) is 15.0. The molecular formula is C40H38ClF3N6O2. The van der Waals surface area contributed by atoms with Crippen molar-refractivity contribution in [2.24, 2.45) is 0 Å². The molecule has 2 aliphatic rings. The molecule has 2 aliphatic heterocycles. The van der Waals surface area contributed by atoms with Crippen molar-refractivity contribution < 1.29 is 22.8 Å². The van der Waals surface area contributed by atoms with Gasteiger partial charge in [0.25, 0.3) is 6.43 Å². The molecule has 0 aliphatic carbocycles. The highest BCUT2D eigenvalue weighted by Crippen LogP contribution is 2.37. The van der Waals surface area contributed by atoms with Crippen LogP contribution in [0.2, 0.25) is 5.02 Å². The zero-order valence-electron chi connectivity index (χ0n) is 28.8. The minimum atomic E-state index is -2.91. The Bertz CT molecular complexity index is 2160. The number of nitrogens with zero attached hydrogens (tertiary/aromatic N) is 4. The van der Waals surface area contributed by atoms with Gasteiger partial charge in [-0.15, -0.1) is 0 Å². The van der Waals surface area contributed by atoms with Crippen molar-refractivity contribution in [3.8, 4) is 11.3 Å². The van der Waals surface area contributed by atoms with Crippen LogP contribution in [0, 0.1) is 12.7 Å². The number of aromatic nitrogens is 3. The standard InChI is InChI=1S/C40H38ClF3N6O2/c1-22(28-7-4-8-31(37(28)42)38(43)44)46-39-32-19-34(45-20-35(32)47-23(2)48-39)27-6-3-5-24(17-27)21-50-15-13-25(14-16-50)29-10-9-26(18-33(29)41)30-11-12-36(51)49-40(30)52/h3-10,17-20,22,25,30,38H,11-16,21H2,1-2H3,(H,46,47,48)(H,49,51,52). The first-order valence-corrected chi connectivity index (χ1v) is 17.8. The van der Waals surface area contributed by atoms with Crippen LogP contribution in [0.5, 0.6) is 0 Å². The number of pyridine rings is 1. The largest absolute Gasteiger partial charge is 0.363 e. The number of hydrogen-bond donors (Lipinski definition) is 2. The molecule has 0 saturated carbocycles. The first-order valence-electron chi connectivity index (χ1n) is 17.5. The summed E-state index contributed by atoms with van der Waals surface area (Å²) in [6, 6.07) is 19.4. The number of alkyl halides is 2. The number of fused-ring (bicyclic) bond motifs is 1. The van der Waals surface area contributed by atoms with E-state index in [2.05, 4.69) is 37.6 Å². The summed E-state index contributed by atoms with van der Waals surface area (Å²) < 4.78 is 41.7. The lowest BCUT2D eigenvalue weighted by Crippen LogP contribution is -2.39. The molecule has 2 atom stereocenters. The van der Waals surface area contributed by atoms with Gasteiger partial charge in [0.1, 0.15) is 17.5 Å². The number of nitrogens with one attached hydrogen (secondary N) is 2. The molecule has 2 saturated heterocycles. The van der Waals surface area contributed by atoms with E-state index in [0.29, 0.717) is 46.3 Å². The summed E-state index contributed by atoms with van der Waals surface area (Å²) in [6.45, 7) is 6.03. The fraction of sp³-hybridized carbons (Fsp3) is 0.325. The first kappa shape index (κ1) is 35.5. The van der Waals surface area contributed by atoms with Gasteiger partial charge in [-0.2, -0.15) is 0 Å². The Labute approximate surface area is 304 Å². The smallest absolute Gasteiger partial charge is 0.266 e. The monoisotopic (exact) mass is 726 g/mol. The van der Waals surface area contributed by atoms with E-state index in [4.69, 9.17) is 16.6 Å². The fourth-order valence-electron chi connectivity index (χ4n) is 7.36. The summed E-state index contributed by atoms with van der Waals surface area (Å²) >= 11 is 6.76. The topological polar surface area (TPSA) is 100 Å². The molecule has 0 bridgehead atoms. The number of rotatable bonds is 9. The van der Waals surface area contributed by atoms with Gasteiger partial charge in [-0.05, 0) is 87.0 Å². The number of imide groups is 1. The fourth-order valence-corrected chi connectivity index (χ4v) is 7.71. The van der Waals surface area contributed by atoms with Crippen LogP contribution in [0.4, 0.5) is 19.0 Å². The van der Waals surface area contributed by atoms with Gasteiger partial charge in [0.2, 0.25) is 11.8 Å². The Morgan fingerprint density at radius 1 is 0.981 bits per heavy atom. The second-order valence-electron chi connectivity index (χ2n) is 13.7. The number of amides is 2. The van der Waals surface area contributed by atoms with Gasteiger partial charge in [-0.3, -0.25) is 24.8 Å². The number of likely N-dealkylation sites (tertiary alicyclic amines) is 1. The molecule has 52 heavy (non-hydrogen) atoms. The first-order chi connectivity index (χ1) is 25.0. The highest BCUT2D eigenvalue weighted by Gasteiger charge is 2.29. The van der Waals surface area contributed by atoms with Crippen LogP contribution >= 0.6 is 11.6 Å². The molecule has 8 nitrogen and oxygen atoms in total. The van der Waals surface area contributed by atoms with Crippen molar-refractivity contribution in [2.45, 2.75) is 70.4 Å². The van der Waals surface area contributed by atoms with Gasteiger partial charge in [0.05, 0.1) is 34.9 Å². The summed E-state index contributed by atoms with van der Waals surface area (Å²) in [5.41, 5.74) is 4.83. The maximum Gasteiger partial charge on any atom is 0.266 e. The number of carbonyl (C=O) groups is 2. The lowest BCUT2D eigenvalue weighted by Gasteiger charge is -2.33. The number of benzene rings is 3. The molecule has 0 spiro atoms. The highest BCUT2D eigenvalue weighted by molar-refractivity contribution is 6.31. The average molecular weight is 727 g/mol. The molecule has 2 unspecified atom stereocenters.